The van der Waals surface area contributed by atoms with Gasteiger partial charge in [-0.15, -0.1) is 0 Å². The summed E-state index contributed by atoms with van der Waals surface area (Å²) in [6.07, 6.45) is 0.617. The third-order valence-corrected chi connectivity index (χ3v) is 3.11. The van der Waals surface area contributed by atoms with E-state index in [-0.39, 0.29) is 12.3 Å². The first-order valence-electron chi connectivity index (χ1n) is 6.92. The molecular formula is C15H14N4O4. The second-order valence-corrected chi connectivity index (χ2v) is 4.80. The Labute approximate surface area is 131 Å². The molecular weight excluding hydrogens is 300 g/mol. The molecule has 2 heterocycles. The second-order valence-electron chi connectivity index (χ2n) is 4.80. The Kier molecular flexibility index (Phi) is 4.05. The van der Waals surface area contributed by atoms with Crippen molar-refractivity contribution in [3.8, 4) is 11.5 Å². The highest BCUT2D eigenvalue weighted by Gasteiger charge is 2.27. The van der Waals surface area contributed by atoms with Crippen molar-refractivity contribution < 1.29 is 19.1 Å². The fourth-order valence-electron chi connectivity index (χ4n) is 1.99. The van der Waals surface area contributed by atoms with Crippen LogP contribution < -0.4 is 20.3 Å². The summed E-state index contributed by atoms with van der Waals surface area (Å²) >= 11 is 0. The molecule has 1 aromatic carbocycles. The summed E-state index contributed by atoms with van der Waals surface area (Å²) in [5.74, 6) is 0.470. The van der Waals surface area contributed by atoms with Crippen LogP contribution in [0.25, 0.3) is 0 Å². The van der Waals surface area contributed by atoms with Gasteiger partial charge in [0.15, 0.2) is 11.5 Å². The number of benzene rings is 1. The zero-order valence-corrected chi connectivity index (χ0v) is 12.3. The molecule has 8 nitrogen and oxygen atoms in total. The highest BCUT2D eigenvalue weighted by molar-refractivity contribution is 5.94. The van der Waals surface area contributed by atoms with Crippen molar-refractivity contribution in [2.45, 2.75) is 13.0 Å². The highest BCUT2D eigenvalue weighted by atomic mass is 16.6. The molecule has 3 rings (SSSR count). The SMILES string of the molecule is Cc1nccc(C(=O)NNC(=O)C2COc3ccccc3O2)n1. The largest absolute Gasteiger partial charge is 0.485 e. The van der Waals surface area contributed by atoms with Gasteiger partial charge in [-0.3, -0.25) is 20.4 Å². The summed E-state index contributed by atoms with van der Waals surface area (Å²) in [5.41, 5.74) is 4.74. The fourth-order valence-corrected chi connectivity index (χ4v) is 1.99. The number of hydrazine groups is 1. The quantitative estimate of drug-likeness (QED) is 0.777. The summed E-state index contributed by atoms with van der Waals surface area (Å²) < 4.78 is 11.0. The van der Waals surface area contributed by atoms with E-state index in [1.807, 2.05) is 6.07 Å². The monoisotopic (exact) mass is 314 g/mol. The molecule has 1 aliphatic heterocycles. The first-order valence-corrected chi connectivity index (χ1v) is 6.92. The first-order chi connectivity index (χ1) is 11.1. The molecule has 2 amide bonds. The molecule has 0 aliphatic carbocycles. The van der Waals surface area contributed by atoms with Crippen LogP contribution in [-0.4, -0.2) is 34.5 Å². The van der Waals surface area contributed by atoms with Crippen molar-refractivity contribution in [2.24, 2.45) is 0 Å². The first kappa shape index (κ1) is 14.8. The average molecular weight is 314 g/mol. The van der Waals surface area contributed by atoms with Crippen LogP contribution in [0.5, 0.6) is 11.5 Å². The summed E-state index contributed by atoms with van der Waals surface area (Å²) in [4.78, 5) is 31.8. The van der Waals surface area contributed by atoms with Crippen LogP contribution in [0.1, 0.15) is 16.3 Å². The van der Waals surface area contributed by atoms with Crippen LogP contribution in [0.4, 0.5) is 0 Å². The Hall–Kier alpha value is -3.16. The lowest BCUT2D eigenvalue weighted by Crippen LogP contribution is -2.51. The summed E-state index contributed by atoms with van der Waals surface area (Å²) in [5, 5.41) is 0. The maximum absolute atomic E-state index is 12.0. The van der Waals surface area contributed by atoms with Crippen molar-refractivity contribution >= 4 is 11.8 Å². The molecule has 2 aromatic rings. The van der Waals surface area contributed by atoms with Crippen molar-refractivity contribution in [1.82, 2.24) is 20.8 Å². The fraction of sp³-hybridized carbons (Fsp3) is 0.200. The molecule has 1 aromatic heterocycles. The number of carbonyl (C=O) groups is 2. The number of aryl methyl sites for hydroxylation is 1. The van der Waals surface area contributed by atoms with Crippen LogP contribution in [0.3, 0.4) is 0 Å². The van der Waals surface area contributed by atoms with E-state index >= 15 is 0 Å². The van der Waals surface area contributed by atoms with E-state index < -0.39 is 17.9 Å². The zero-order valence-electron chi connectivity index (χ0n) is 12.3. The van der Waals surface area contributed by atoms with Crippen molar-refractivity contribution in [3.63, 3.8) is 0 Å². The summed E-state index contributed by atoms with van der Waals surface area (Å²) in [6.45, 7) is 1.73. The number of aromatic nitrogens is 2. The Morgan fingerprint density at radius 2 is 1.96 bits per heavy atom. The topological polar surface area (TPSA) is 102 Å². The van der Waals surface area contributed by atoms with Crippen molar-refractivity contribution in [2.75, 3.05) is 6.61 Å². The molecule has 0 fully saturated rings. The average Bonchev–Trinajstić information content (AvgIpc) is 2.59. The molecule has 1 unspecified atom stereocenters. The van der Waals surface area contributed by atoms with E-state index in [4.69, 9.17) is 9.47 Å². The highest BCUT2D eigenvalue weighted by Crippen LogP contribution is 2.30. The Morgan fingerprint density at radius 3 is 2.74 bits per heavy atom. The van der Waals surface area contributed by atoms with Gasteiger partial charge in [-0.05, 0) is 25.1 Å². The number of ether oxygens (including phenoxy) is 2. The van der Waals surface area contributed by atoms with E-state index in [9.17, 15) is 9.59 Å². The number of para-hydroxylation sites is 2. The molecule has 0 bridgehead atoms. The third kappa shape index (κ3) is 3.37. The zero-order chi connectivity index (χ0) is 16.2. The van der Waals surface area contributed by atoms with E-state index in [0.29, 0.717) is 17.3 Å². The standard InChI is InChI=1S/C15H14N4O4/c1-9-16-7-6-10(17-9)14(20)18-19-15(21)13-8-22-11-4-2-3-5-12(11)23-13/h2-7,13H,8H2,1H3,(H,18,20)(H,19,21). The maximum atomic E-state index is 12.0. The Morgan fingerprint density at radius 1 is 1.17 bits per heavy atom. The van der Waals surface area contributed by atoms with Gasteiger partial charge in [-0.2, -0.15) is 0 Å². The predicted molar refractivity (Wildman–Crippen MR) is 78.7 cm³/mol. The number of hydrogen-bond acceptors (Lipinski definition) is 6. The smallest absolute Gasteiger partial charge is 0.288 e. The van der Waals surface area contributed by atoms with Gasteiger partial charge in [0.25, 0.3) is 11.8 Å². The van der Waals surface area contributed by atoms with Crippen LogP contribution in [-0.2, 0) is 4.79 Å². The van der Waals surface area contributed by atoms with Gasteiger partial charge < -0.3 is 9.47 Å². The number of nitrogens with zero attached hydrogens (tertiary/aromatic N) is 2. The normalized spacial score (nSPS) is 15.6. The van der Waals surface area contributed by atoms with Crippen molar-refractivity contribution in [3.05, 3.63) is 48.0 Å². The lowest BCUT2D eigenvalue weighted by molar-refractivity contribution is -0.131. The maximum Gasteiger partial charge on any atom is 0.288 e. The van der Waals surface area contributed by atoms with Crippen LogP contribution >= 0.6 is 0 Å². The molecule has 1 atom stereocenters. The minimum absolute atomic E-state index is 0.0608. The number of fused-ring (bicyclic) bond motifs is 1. The minimum Gasteiger partial charge on any atom is -0.485 e. The van der Waals surface area contributed by atoms with Gasteiger partial charge in [0.05, 0.1) is 0 Å². The molecule has 0 saturated heterocycles. The summed E-state index contributed by atoms with van der Waals surface area (Å²) in [7, 11) is 0. The molecule has 8 heteroatoms. The van der Waals surface area contributed by atoms with Crippen LogP contribution in [0.15, 0.2) is 36.5 Å². The molecule has 0 spiro atoms. The number of nitrogens with one attached hydrogen (secondary N) is 2. The van der Waals surface area contributed by atoms with Gasteiger partial charge in [-0.25, -0.2) is 9.97 Å². The Bertz CT molecular complexity index is 750. The van der Waals surface area contributed by atoms with E-state index in [1.54, 1.807) is 25.1 Å². The predicted octanol–water partition coefficient (Wildman–Crippen LogP) is 0.386. The van der Waals surface area contributed by atoms with Crippen LogP contribution in [0, 0.1) is 6.92 Å². The molecule has 0 radical (unpaired) electrons. The van der Waals surface area contributed by atoms with E-state index in [2.05, 4.69) is 20.8 Å². The van der Waals surface area contributed by atoms with Crippen molar-refractivity contribution in [1.29, 1.82) is 0 Å². The molecule has 118 valence electrons. The number of amides is 2. The van der Waals surface area contributed by atoms with Gasteiger partial charge in [0.2, 0.25) is 6.10 Å². The van der Waals surface area contributed by atoms with Gasteiger partial charge in [0.1, 0.15) is 18.1 Å². The molecule has 2 N–H and O–H groups in total. The number of rotatable bonds is 2. The lowest BCUT2D eigenvalue weighted by atomic mass is 10.2. The van der Waals surface area contributed by atoms with Crippen LogP contribution in [0.2, 0.25) is 0 Å². The Balaban J connectivity index is 1.57. The third-order valence-electron chi connectivity index (χ3n) is 3.11. The molecule has 23 heavy (non-hydrogen) atoms. The molecule has 0 saturated carbocycles. The van der Waals surface area contributed by atoms with E-state index in [1.165, 1.54) is 12.3 Å². The van der Waals surface area contributed by atoms with E-state index in [0.717, 1.165) is 0 Å². The van der Waals surface area contributed by atoms with Gasteiger partial charge in [0, 0.05) is 6.20 Å². The lowest BCUT2D eigenvalue weighted by Gasteiger charge is -2.25. The number of carbonyl (C=O) groups excluding carboxylic acids is 2. The number of hydrogen-bond donors (Lipinski definition) is 2. The van der Waals surface area contributed by atoms with Gasteiger partial charge in [-0.1, -0.05) is 12.1 Å². The summed E-state index contributed by atoms with van der Waals surface area (Å²) in [6, 6.07) is 8.50. The molecule has 1 aliphatic rings. The second kappa shape index (κ2) is 6.30. The minimum atomic E-state index is -0.850. The van der Waals surface area contributed by atoms with Gasteiger partial charge >= 0.3 is 0 Å².